The molecule has 0 aromatic rings. The summed E-state index contributed by atoms with van der Waals surface area (Å²) in [5, 5.41) is 18.0. The number of hydrogen-bond acceptors (Lipinski definition) is 5. The minimum atomic E-state index is -1.82. The van der Waals surface area contributed by atoms with E-state index in [9.17, 15) is 4.79 Å². The van der Waals surface area contributed by atoms with E-state index in [1.807, 2.05) is 4.90 Å². The SMILES string of the molecule is CC1CCN(C(=O)CNCCCN(C)C)CC1.O=C(O)C(=O)O. The lowest BCUT2D eigenvalue weighted by atomic mass is 9.99. The highest BCUT2D eigenvalue weighted by molar-refractivity contribution is 6.27. The zero-order valence-electron chi connectivity index (χ0n) is 14.2. The van der Waals surface area contributed by atoms with Gasteiger partial charge >= 0.3 is 11.9 Å². The van der Waals surface area contributed by atoms with Crippen molar-refractivity contribution in [3.63, 3.8) is 0 Å². The smallest absolute Gasteiger partial charge is 0.414 e. The van der Waals surface area contributed by atoms with Gasteiger partial charge in [0.1, 0.15) is 0 Å². The van der Waals surface area contributed by atoms with E-state index in [4.69, 9.17) is 19.8 Å². The van der Waals surface area contributed by atoms with E-state index in [-0.39, 0.29) is 5.91 Å². The first-order valence-electron chi connectivity index (χ1n) is 7.83. The van der Waals surface area contributed by atoms with Gasteiger partial charge in [-0.3, -0.25) is 4.79 Å². The standard InChI is InChI=1S/C13H27N3O.C2H2O4/c1-12-5-9-16(10-6-12)13(17)11-14-7-4-8-15(2)3;3-1(4)2(5)6/h12,14H,4-11H2,1-3H3;(H,3,4)(H,5,6). The van der Waals surface area contributed by atoms with E-state index in [2.05, 4.69) is 31.2 Å². The molecule has 0 radical (unpaired) electrons. The summed E-state index contributed by atoms with van der Waals surface area (Å²) < 4.78 is 0. The zero-order chi connectivity index (χ0) is 17.8. The Morgan fingerprint density at radius 1 is 1.13 bits per heavy atom. The van der Waals surface area contributed by atoms with Crippen LogP contribution in [0.15, 0.2) is 0 Å². The molecule has 0 atom stereocenters. The average Bonchev–Trinajstić information content (AvgIpc) is 2.47. The second-order valence-electron chi connectivity index (χ2n) is 6.01. The number of aliphatic carboxylic acids is 2. The van der Waals surface area contributed by atoms with Crippen LogP contribution in [-0.4, -0.2) is 84.7 Å². The highest BCUT2D eigenvalue weighted by atomic mass is 16.4. The molecular weight excluding hydrogens is 302 g/mol. The van der Waals surface area contributed by atoms with Crippen LogP contribution in [0.2, 0.25) is 0 Å². The van der Waals surface area contributed by atoms with Crippen molar-refractivity contribution in [1.82, 2.24) is 15.1 Å². The maximum Gasteiger partial charge on any atom is 0.414 e. The molecule has 0 aliphatic carbocycles. The number of carbonyl (C=O) groups is 3. The van der Waals surface area contributed by atoms with E-state index in [1.54, 1.807) is 0 Å². The number of piperidine rings is 1. The number of amides is 1. The Kier molecular flexibility index (Phi) is 11.0. The van der Waals surface area contributed by atoms with Crippen LogP contribution in [0.4, 0.5) is 0 Å². The second-order valence-corrected chi connectivity index (χ2v) is 6.01. The Morgan fingerprint density at radius 2 is 1.65 bits per heavy atom. The van der Waals surface area contributed by atoms with Gasteiger partial charge in [0.05, 0.1) is 6.54 Å². The fourth-order valence-corrected chi connectivity index (χ4v) is 2.09. The quantitative estimate of drug-likeness (QED) is 0.462. The molecule has 1 heterocycles. The Hall–Kier alpha value is -1.67. The second kappa shape index (κ2) is 11.8. The van der Waals surface area contributed by atoms with E-state index in [0.717, 1.165) is 51.4 Å². The number of carbonyl (C=O) groups excluding carboxylic acids is 1. The summed E-state index contributed by atoms with van der Waals surface area (Å²) in [7, 11) is 4.14. The molecule has 0 spiro atoms. The number of nitrogens with zero attached hydrogens (tertiary/aromatic N) is 2. The summed E-state index contributed by atoms with van der Waals surface area (Å²) in [6.07, 6.45) is 3.41. The summed E-state index contributed by atoms with van der Waals surface area (Å²) in [6.45, 7) is 6.65. The molecule has 1 rings (SSSR count). The van der Waals surface area contributed by atoms with E-state index in [0.29, 0.717) is 6.54 Å². The molecule has 8 nitrogen and oxygen atoms in total. The summed E-state index contributed by atoms with van der Waals surface area (Å²) in [4.78, 5) is 34.2. The molecule has 23 heavy (non-hydrogen) atoms. The first-order chi connectivity index (χ1) is 10.7. The topological polar surface area (TPSA) is 110 Å². The van der Waals surface area contributed by atoms with Gasteiger partial charge < -0.3 is 25.3 Å². The molecule has 8 heteroatoms. The van der Waals surface area contributed by atoms with E-state index < -0.39 is 11.9 Å². The first kappa shape index (κ1) is 21.3. The molecule has 0 bridgehead atoms. The monoisotopic (exact) mass is 331 g/mol. The Bertz CT molecular complexity index is 367. The summed E-state index contributed by atoms with van der Waals surface area (Å²) >= 11 is 0. The number of hydrogen-bond donors (Lipinski definition) is 3. The van der Waals surface area contributed by atoms with Crippen molar-refractivity contribution in [3.05, 3.63) is 0 Å². The maximum absolute atomic E-state index is 11.9. The molecule has 0 aromatic heterocycles. The third kappa shape index (κ3) is 11.5. The van der Waals surface area contributed by atoms with Gasteiger partial charge in [-0.15, -0.1) is 0 Å². The van der Waals surface area contributed by atoms with Crippen LogP contribution >= 0.6 is 0 Å². The molecule has 0 unspecified atom stereocenters. The van der Waals surface area contributed by atoms with Crippen molar-refractivity contribution in [2.45, 2.75) is 26.2 Å². The number of carboxylic acid groups (broad SMARTS) is 2. The van der Waals surface area contributed by atoms with Crippen LogP contribution in [-0.2, 0) is 14.4 Å². The molecule has 1 saturated heterocycles. The third-order valence-electron chi connectivity index (χ3n) is 3.55. The Labute approximate surface area is 137 Å². The zero-order valence-corrected chi connectivity index (χ0v) is 14.2. The largest absolute Gasteiger partial charge is 0.473 e. The van der Waals surface area contributed by atoms with Crippen LogP contribution in [0.25, 0.3) is 0 Å². The molecular formula is C15H29N3O5. The molecule has 1 fully saturated rings. The molecule has 134 valence electrons. The van der Waals surface area contributed by atoms with Crippen LogP contribution < -0.4 is 5.32 Å². The summed E-state index contributed by atoms with van der Waals surface area (Å²) in [6, 6.07) is 0. The van der Waals surface area contributed by atoms with Crippen molar-refractivity contribution in [2.75, 3.05) is 46.8 Å². The maximum atomic E-state index is 11.9. The number of carboxylic acids is 2. The van der Waals surface area contributed by atoms with Gasteiger partial charge in [-0.05, 0) is 52.4 Å². The van der Waals surface area contributed by atoms with Crippen LogP contribution in [0.3, 0.4) is 0 Å². The molecule has 3 N–H and O–H groups in total. The minimum Gasteiger partial charge on any atom is -0.473 e. The molecule has 1 aliphatic rings. The Balaban J connectivity index is 0.000000688. The van der Waals surface area contributed by atoms with Gasteiger partial charge in [0, 0.05) is 13.1 Å². The normalized spacial score (nSPS) is 15.0. The minimum absolute atomic E-state index is 0.266. The third-order valence-corrected chi connectivity index (χ3v) is 3.55. The number of likely N-dealkylation sites (tertiary alicyclic amines) is 1. The molecule has 0 aromatic carbocycles. The summed E-state index contributed by atoms with van der Waals surface area (Å²) in [5.41, 5.74) is 0. The average molecular weight is 331 g/mol. The number of rotatable bonds is 6. The van der Waals surface area contributed by atoms with Gasteiger partial charge in [-0.1, -0.05) is 6.92 Å². The lowest BCUT2D eigenvalue weighted by Crippen LogP contribution is -2.42. The van der Waals surface area contributed by atoms with Crippen molar-refractivity contribution in [3.8, 4) is 0 Å². The van der Waals surface area contributed by atoms with Gasteiger partial charge in [0.15, 0.2) is 0 Å². The van der Waals surface area contributed by atoms with E-state index >= 15 is 0 Å². The lowest BCUT2D eigenvalue weighted by molar-refractivity contribution is -0.159. The van der Waals surface area contributed by atoms with Crippen LogP contribution in [0, 0.1) is 5.92 Å². The molecule has 0 saturated carbocycles. The van der Waals surface area contributed by atoms with Gasteiger partial charge in [-0.25, -0.2) is 9.59 Å². The summed E-state index contributed by atoms with van der Waals surface area (Å²) in [5.74, 6) is -2.60. The molecule has 1 aliphatic heterocycles. The van der Waals surface area contributed by atoms with Crippen LogP contribution in [0.5, 0.6) is 0 Å². The highest BCUT2D eigenvalue weighted by Crippen LogP contribution is 2.15. The predicted octanol–water partition coefficient (Wildman–Crippen LogP) is -0.0582. The lowest BCUT2D eigenvalue weighted by Gasteiger charge is -2.30. The van der Waals surface area contributed by atoms with Crippen LogP contribution in [0.1, 0.15) is 26.2 Å². The van der Waals surface area contributed by atoms with Crippen molar-refractivity contribution in [1.29, 1.82) is 0 Å². The van der Waals surface area contributed by atoms with E-state index in [1.165, 1.54) is 0 Å². The Morgan fingerprint density at radius 3 is 2.09 bits per heavy atom. The highest BCUT2D eigenvalue weighted by Gasteiger charge is 2.19. The first-order valence-corrected chi connectivity index (χ1v) is 7.83. The van der Waals surface area contributed by atoms with Crippen molar-refractivity contribution >= 4 is 17.8 Å². The predicted molar refractivity (Wildman–Crippen MR) is 86.3 cm³/mol. The van der Waals surface area contributed by atoms with Gasteiger partial charge in [-0.2, -0.15) is 0 Å². The fraction of sp³-hybridized carbons (Fsp3) is 0.800. The van der Waals surface area contributed by atoms with Gasteiger partial charge in [0.2, 0.25) is 5.91 Å². The fourth-order valence-electron chi connectivity index (χ4n) is 2.09. The molecule has 1 amide bonds. The van der Waals surface area contributed by atoms with Crippen molar-refractivity contribution < 1.29 is 24.6 Å². The number of nitrogens with one attached hydrogen (secondary N) is 1. The van der Waals surface area contributed by atoms with Gasteiger partial charge in [0.25, 0.3) is 0 Å². The van der Waals surface area contributed by atoms with Crippen molar-refractivity contribution in [2.24, 2.45) is 5.92 Å².